The lowest BCUT2D eigenvalue weighted by atomic mass is 9.80. The van der Waals surface area contributed by atoms with Crippen LogP contribution in [-0.2, 0) is 4.79 Å². The number of hydrogen-bond acceptors (Lipinski definition) is 3. The number of nitriles is 1. The van der Waals surface area contributed by atoms with Crippen molar-refractivity contribution in [3.63, 3.8) is 0 Å². The van der Waals surface area contributed by atoms with Gasteiger partial charge in [0, 0.05) is 13.0 Å². The Morgan fingerprint density at radius 2 is 1.94 bits per heavy atom. The monoisotopic (exact) mass is 249 g/mol. The lowest BCUT2D eigenvalue weighted by Gasteiger charge is -2.38. The van der Waals surface area contributed by atoms with Crippen LogP contribution in [0.15, 0.2) is 0 Å². The van der Waals surface area contributed by atoms with Crippen LogP contribution in [0.25, 0.3) is 0 Å². The zero-order valence-corrected chi connectivity index (χ0v) is 10.6. The van der Waals surface area contributed by atoms with Crippen LogP contribution in [0.2, 0.25) is 0 Å². The number of urea groups is 1. The third kappa shape index (κ3) is 2.20. The summed E-state index contributed by atoms with van der Waals surface area (Å²) in [5, 5.41) is 10.9. The molecule has 0 aromatic rings. The number of nitrogens with zero attached hydrogens (tertiary/aromatic N) is 2. The molecule has 0 radical (unpaired) electrons. The van der Waals surface area contributed by atoms with Crippen LogP contribution < -0.4 is 5.32 Å². The minimum atomic E-state index is -0.581. The second kappa shape index (κ2) is 5.38. The fourth-order valence-electron chi connectivity index (χ4n) is 3.02. The second-order valence-corrected chi connectivity index (χ2v) is 5.12. The van der Waals surface area contributed by atoms with E-state index in [1.807, 2.05) is 0 Å². The van der Waals surface area contributed by atoms with Crippen LogP contribution in [0.4, 0.5) is 4.79 Å². The van der Waals surface area contributed by atoms with Gasteiger partial charge in [-0.2, -0.15) is 5.26 Å². The molecule has 1 aliphatic heterocycles. The van der Waals surface area contributed by atoms with Gasteiger partial charge in [-0.1, -0.05) is 19.3 Å². The Balaban J connectivity index is 2.03. The summed E-state index contributed by atoms with van der Waals surface area (Å²) < 4.78 is 0. The van der Waals surface area contributed by atoms with Crippen molar-refractivity contribution in [3.8, 4) is 6.07 Å². The van der Waals surface area contributed by atoms with E-state index in [9.17, 15) is 9.59 Å². The van der Waals surface area contributed by atoms with E-state index in [-0.39, 0.29) is 11.9 Å². The predicted octanol–water partition coefficient (Wildman–Crippen LogP) is 1.93. The Morgan fingerprint density at radius 1 is 1.22 bits per heavy atom. The molecule has 0 aromatic heterocycles. The Morgan fingerprint density at radius 3 is 2.61 bits per heavy atom. The fraction of sp³-hybridized carbons (Fsp3) is 0.769. The van der Waals surface area contributed by atoms with E-state index in [2.05, 4.69) is 11.4 Å². The molecular weight excluding hydrogens is 230 g/mol. The Hall–Kier alpha value is -1.57. The average Bonchev–Trinajstić information content (AvgIpc) is 2.59. The molecule has 0 atom stereocenters. The standard InChI is InChI=1S/C13H19N3O2/c14-9-5-2-6-10-16-12(18)15-11(17)13(16)7-3-1-4-8-13/h1-8,10H2,(H,15,17,18). The van der Waals surface area contributed by atoms with Crippen LogP contribution >= 0.6 is 0 Å². The van der Waals surface area contributed by atoms with Crippen LogP contribution in [0.5, 0.6) is 0 Å². The predicted molar refractivity (Wildman–Crippen MR) is 65.5 cm³/mol. The minimum Gasteiger partial charge on any atom is -0.310 e. The third-order valence-corrected chi connectivity index (χ3v) is 4.01. The molecule has 1 heterocycles. The van der Waals surface area contributed by atoms with Crippen molar-refractivity contribution in [3.05, 3.63) is 0 Å². The zero-order chi connectivity index (χ0) is 13.0. The van der Waals surface area contributed by atoms with E-state index in [4.69, 9.17) is 5.26 Å². The minimum absolute atomic E-state index is 0.118. The van der Waals surface area contributed by atoms with Crippen molar-refractivity contribution in [1.82, 2.24) is 10.2 Å². The number of amides is 3. The maximum absolute atomic E-state index is 12.0. The molecule has 5 heteroatoms. The zero-order valence-electron chi connectivity index (χ0n) is 10.6. The third-order valence-electron chi connectivity index (χ3n) is 4.01. The summed E-state index contributed by atoms with van der Waals surface area (Å²) >= 11 is 0. The average molecular weight is 249 g/mol. The topological polar surface area (TPSA) is 73.2 Å². The lowest BCUT2D eigenvalue weighted by molar-refractivity contribution is -0.128. The molecule has 1 spiro atoms. The van der Waals surface area contributed by atoms with Gasteiger partial charge in [-0.25, -0.2) is 4.79 Å². The maximum Gasteiger partial charge on any atom is 0.325 e. The van der Waals surface area contributed by atoms with E-state index < -0.39 is 5.54 Å². The molecule has 2 aliphatic rings. The molecule has 0 unspecified atom stereocenters. The van der Waals surface area contributed by atoms with Gasteiger partial charge < -0.3 is 4.90 Å². The largest absolute Gasteiger partial charge is 0.325 e. The van der Waals surface area contributed by atoms with Crippen LogP contribution in [0, 0.1) is 11.3 Å². The molecule has 2 fully saturated rings. The first kappa shape index (κ1) is 12.9. The van der Waals surface area contributed by atoms with Gasteiger partial charge in [0.25, 0.3) is 5.91 Å². The van der Waals surface area contributed by atoms with Gasteiger partial charge in [0.1, 0.15) is 5.54 Å². The molecule has 1 saturated carbocycles. The summed E-state index contributed by atoms with van der Waals surface area (Å²) in [4.78, 5) is 25.6. The van der Waals surface area contributed by atoms with Gasteiger partial charge in [0.2, 0.25) is 0 Å². The highest BCUT2D eigenvalue weighted by molar-refractivity contribution is 6.07. The molecule has 2 rings (SSSR count). The molecule has 0 bridgehead atoms. The molecule has 5 nitrogen and oxygen atoms in total. The van der Waals surface area contributed by atoms with Crippen molar-refractivity contribution >= 4 is 11.9 Å². The van der Waals surface area contributed by atoms with Crippen molar-refractivity contribution in [2.45, 2.75) is 56.9 Å². The van der Waals surface area contributed by atoms with Gasteiger partial charge in [-0.3, -0.25) is 10.1 Å². The van der Waals surface area contributed by atoms with E-state index in [1.54, 1.807) is 4.90 Å². The highest BCUT2D eigenvalue weighted by Gasteiger charge is 2.52. The molecule has 98 valence electrons. The summed E-state index contributed by atoms with van der Waals surface area (Å²) in [6, 6.07) is 1.85. The molecule has 18 heavy (non-hydrogen) atoms. The molecular formula is C13H19N3O2. The second-order valence-electron chi connectivity index (χ2n) is 5.12. The summed E-state index contributed by atoms with van der Waals surface area (Å²) in [7, 11) is 0. The van der Waals surface area contributed by atoms with E-state index in [0.717, 1.165) is 44.9 Å². The van der Waals surface area contributed by atoms with Crippen LogP contribution in [0.3, 0.4) is 0 Å². The number of unbranched alkanes of at least 4 members (excludes halogenated alkanes) is 2. The van der Waals surface area contributed by atoms with E-state index in [0.29, 0.717) is 13.0 Å². The van der Waals surface area contributed by atoms with Gasteiger partial charge in [0.15, 0.2) is 0 Å². The first-order valence-corrected chi connectivity index (χ1v) is 6.71. The van der Waals surface area contributed by atoms with Gasteiger partial charge >= 0.3 is 6.03 Å². The number of nitrogens with one attached hydrogen (secondary N) is 1. The Bertz CT molecular complexity index is 380. The van der Waals surface area contributed by atoms with Gasteiger partial charge in [-0.15, -0.1) is 0 Å². The number of carbonyl (C=O) groups excluding carboxylic acids is 2. The molecule has 0 aromatic carbocycles. The maximum atomic E-state index is 12.0. The SMILES string of the molecule is N#CCCCCN1C(=O)NC(=O)C12CCCCC2. The van der Waals surface area contributed by atoms with E-state index in [1.165, 1.54) is 0 Å². The van der Waals surface area contributed by atoms with Crippen molar-refractivity contribution in [2.24, 2.45) is 0 Å². The number of imide groups is 1. The van der Waals surface area contributed by atoms with Gasteiger partial charge in [0.05, 0.1) is 6.07 Å². The van der Waals surface area contributed by atoms with E-state index >= 15 is 0 Å². The number of rotatable bonds is 4. The summed E-state index contributed by atoms with van der Waals surface area (Å²) in [6.07, 6.45) is 6.80. The lowest BCUT2D eigenvalue weighted by Crippen LogP contribution is -2.51. The molecule has 1 N–H and O–H groups in total. The van der Waals surface area contributed by atoms with Crippen molar-refractivity contribution < 1.29 is 9.59 Å². The van der Waals surface area contributed by atoms with Crippen LogP contribution in [-0.4, -0.2) is 28.9 Å². The summed E-state index contributed by atoms with van der Waals surface area (Å²) in [6.45, 7) is 0.583. The van der Waals surface area contributed by atoms with Crippen molar-refractivity contribution in [1.29, 1.82) is 5.26 Å². The summed E-state index contributed by atoms with van der Waals surface area (Å²) in [5.41, 5.74) is -0.581. The quantitative estimate of drug-likeness (QED) is 0.611. The summed E-state index contributed by atoms with van der Waals surface area (Å²) in [5.74, 6) is -0.118. The first-order chi connectivity index (χ1) is 8.70. The van der Waals surface area contributed by atoms with Crippen molar-refractivity contribution in [2.75, 3.05) is 6.54 Å². The highest BCUT2D eigenvalue weighted by Crippen LogP contribution is 2.37. The number of hydrogen-bond donors (Lipinski definition) is 1. The van der Waals surface area contributed by atoms with Gasteiger partial charge in [-0.05, 0) is 25.7 Å². The van der Waals surface area contributed by atoms with Crippen LogP contribution in [0.1, 0.15) is 51.4 Å². The first-order valence-electron chi connectivity index (χ1n) is 6.71. The number of carbonyl (C=O) groups is 2. The molecule has 3 amide bonds. The smallest absolute Gasteiger partial charge is 0.310 e. The Kier molecular flexibility index (Phi) is 3.85. The Labute approximate surface area is 107 Å². The molecule has 1 saturated heterocycles. The fourth-order valence-corrected chi connectivity index (χ4v) is 3.02. The molecule has 1 aliphatic carbocycles. The normalized spacial score (nSPS) is 22.1. The highest BCUT2D eigenvalue weighted by atomic mass is 16.2.